The highest BCUT2D eigenvalue weighted by Gasteiger charge is 2.50. The van der Waals surface area contributed by atoms with Crippen LogP contribution in [0.5, 0.6) is 23.0 Å². The van der Waals surface area contributed by atoms with E-state index < -0.39 is 30.9 Å². The largest absolute Gasteiger partial charge is 0.494 e. The molecular weight excluding hydrogens is 528 g/mol. The zero-order valence-electron chi connectivity index (χ0n) is 21.6. The second-order valence-corrected chi connectivity index (χ2v) is 10.3. The molecule has 12 heteroatoms. The molecule has 204 valence electrons. The Bertz CT molecular complexity index is 1520. The molecule has 0 saturated carbocycles. The van der Waals surface area contributed by atoms with Crippen molar-refractivity contribution >= 4 is 33.2 Å². The number of benzene rings is 3. The number of carbonyl (C=O) groups excluding carboxylic acids is 1. The Kier molecular flexibility index (Phi) is 7.77. The topological polar surface area (TPSA) is 135 Å². The number of rotatable bonds is 9. The van der Waals surface area contributed by atoms with E-state index >= 15 is 0 Å². The molecule has 1 unspecified atom stereocenters. The monoisotopic (exact) mass is 554 g/mol. The van der Waals surface area contributed by atoms with Gasteiger partial charge in [0.05, 0.1) is 32.9 Å². The highest BCUT2D eigenvalue weighted by atomic mass is 32.2. The summed E-state index contributed by atoms with van der Waals surface area (Å²) in [6, 6.07) is 14.6. The second-order valence-electron chi connectivity index (χ2n) is 8.32. The SMILES string of the molecule is CCOc1ccc(N2C(=O)/C(=C\c3cc(OC)c(OC)c(OC)c3)S(=O)(=O)C2c2cccc([N+](=O)[O-])c2)cc1. The van der Waals surface area contributed by atoms with Gasteiger partial charge in [0, 0.05) is 17.8 Å². The molecule has 3 aromatic carbocycles. The Morgan fingerprint density at radius 2 is 1.62 bits per heavy atom. The van der Waals surface area contributed by atoms with Crippen LogP contribution in [0.2, 0.25) is 0 Å². The fourth-order valence-electron chi connectivity index (χ4n) is 4.33. The second kappa shape index (κ2) is 11.0. The van der Waals surface area contributed by atoms with Crippen molar-refractivity contribution < 1.29 is 37.1 Å². The van der Waals surface area contributed by atoms with Gasteiger partial charge >= 0.3 is 0 Å². The normalized spacial score (nSPS) is 17.2. The molecule has 0 bridgehead atoms. The van der Waals surface area contributed by atoms with E-state index in [0.29, 0.717) is 23.7 Å². The maximum Gasteiger partial charge on any atom is 0.271 e. The molecule has 1 heterocycles. The molecule has 1 amide bonds. The van der Waals surface area contributed by atoms with Gasteiger partial charge in [0.2, 0.25) is 15.6 Å². The Morgan fingerprint density at radius 1 is 0.974 bits per heavy atom. The van der Waals surface area contributed by atoms with Crippen LogP contribution in [0.4, 0.5) is 11.4 Å². The van der Waals surface area contributed by atoms with Gasteiger partial charge in [-0.25, -0.2) is 8.42 Å². The van der Waals surface area contributed by atoms with E-state index in [1.807, 2.05) is 6.92 Å². The predicted molar refractivity (Wildman–Crippen MR) is 144 cm³/mol. The van der Waals surface area contributed by atoms with E-state index in [1.54, 1.807) is 24.3 Å². The Labute approximate surface area is 225 Å². The first kappa shape index (κ1) is 27.5. The van der Waals surface area contributed by atoms with Crippen LogP contribution in [0.3, 0.4) is 0 Å². The van der Waals surface area contributed by atoms with Crippen LogP contribution in [0, 0.1) is 10.1 Å². The fourth-order valence-corrected chi connectivity index (χ4v) is 6.21. The third kappa shape index (κ3) is 5.10. The summed E-state index contributed by atoms with van der Waals surface area (Å²) in [4.78, 5) is 25.2. The van der Waals surface area contributed by atoms with Gasteiger partial charge in [0.1, 0.15) is 10.7 Å². The number of nitro benzene ring substituents is 1. The van der Waals surface area contributed by atoms with Crippen molar-refractivity contribution in [3.8, 4) is 23.0 Å². The summed E-state index contributed by atoms with van der Waals surface area (Å²) >= 11 is 0. The summed E-state index contributed by atoms with van der Waals surface area (Å²) in [6.45, 7) is 2.25. The van der Waals surface area contributed by atoms with Crippen molar-refractivity contribution in [1.82, 2.24) is 0 Å². The number of ether oxygens (including phenoxy) is 4. The molecule has 4 rings (SSSR count). The lowest BCUT2D eigenvalue weighted by Gasteiger charge is -2.23. The molecular formula is C27H26N2O9S. The van der Waals surface area contributed by atoms with Crippen LogP contribution < -0.4 is 23.8 Å². The third-order valence-electron chi connectivity index (χ3n) is 6.04. The summed E-state index contributed by atoms with van der Waals surface area (Å²) in [7, 11) is -0.111. The third-order valence-corrected chi connectivity index (χ3v) is 8.02. The van der Waals surface area contributed by atoms with Gasteiger partial charge in [-0.1, -0.05) is 12.1 Å². The summed E-state index contributed by atoms with van der Waals surface area (Å²) in [5.74, 6) is 0.573. The fraction of sp³-hybridized carbons (Fsp3) is 0.222. The van der Waals surface area contributed by atoms with Crippen LogP contribution >= 0.6 is 0 Å². The van der Waals surface area contributed by atoms with E-state index in [9.17, 15) is 23.3 Å². The molecule has 39 heavy (non-hydrogen) atoms. The van der Waals surface area contributed by atoms with Gasteiger partial charge in [0.25, 0.3) is 11.6 Å². The maximum absolute atomic E-state index is 14.0. The summed E-state index contributed by atoms with van der Waals surface area (Å²) < 4.78 is 49.4. The summed E-state index contributed by atoms with van der Waals surface area (Å²) in [6.07, 6.45) is 1.22. The molecule has 0 aromatic heterocycles. The van der Waals surface area contributed by atoms with Crippen molar-refractivity contribution in [2.45, 2.75) is 12.3 Å². The molecule has 0 radical (unpaired) electrons. The Balaban J connectivity index is 1.92. The number of nitro groups is 1. The number of amides is 1. The van der Waals surface area contributed by atoms with Gasteiger partial charge in [-0.05, 0) is 60.5 Å². The molecule has 0 N–H and O–H groups in total. The maximum atomic E-state index is 14.0. The number of sulfone groups is 1. The quantitative estimate of drug-likeness (QED) is 0.212. The molecule has 1 aliphatic rings. The predicted octanol–water partition coefficient (Wildman–Crippen LogP) is 4.52. The van der Waals surface area contributed by atoms with Crippen LogP contribution in [0.25, 0.3) is 6.08 Å². The minimum Gasteiger partial charge on any atom is -0.494 e. The number of hydrogen-bond donors (Lipinski definition) is 0. The minimum atomic E-state index is -4.37. The zero-order chi connectivity index (χ0) is 28.3. The Hall–Kier alpha value is -4.58. The van der Waals surface area contributed by atoms with E-state index in [2.05, 4.69) is 0 Å². The molecule has 1 saturated heterocycles. The number of nitrogens with zero attached hydrogens (tertiary/aromatic N) is 2. The van der Waals surface area contributed by atoms with Crippen molar-refractivity contribution in [3.05, 3.63) is 86.8 Å². The van der Waals surface area contributed by atoms with Crippen molar-refractivity contribution in [3.63, 3.8) is 0 Å². The smallest absolute Gasteiger partial charge is 0.271 e. The van der Waals surface area contributed by atoms with Crippen molar-refractivity contribution in [2.75, 3.05) is 32.8 Å². The number of non-ortho nitro benzene ring substituents is 1. The van der Waals surface area contributed by atoms with Crippen LogP contribution in [-0.2, 0) is 14.6 Å². The number of methoxy groups -OCH3 is 3. The number of carbonyl (C=O) groups is 1. The lowest BCUT2D eigenvalue weighted by Crippen LogP contribution is -2.29. The molecule has 1 atom stereocenters. The Morgan fingerprint density at radius 3 is 2.15 bits per heavy atom. The van der Waals surface area contributed by atoms with Crippen LogP contribution in [0.15, 0.2) is 65.6 Å². The number of hydrogen-bond acceptors (Lipinski definition) is 9. The molecule has 3 aromatic rings. The van der Waals surface area contributed by atoms with Crippen LogP contribution in [0.1, 0.15) is 23.4 Å². The highest BCUT2D eigenvalue weighted by Crippen LogP contribution is 2.45. The number of anilines is 1. The molecule has 0 spiro atoms. The molecule has 1 fully saturated rings. The first-order valence-electron chi connectivity index (χ1n) is 11.7. The van der Waals surface area contributed by atoms with E-state index in [4.69, 9.17) is 18.9 Å². The lowest BCUT2D eigenvalue weighted by atomic mass is 10.1. The minimum absolute atomic E-state index is 0.0692. The first-order valence-corrected chi connectivity index (χ1v) is 13.3. The lowest BCUT2D eigenvalue weighted by molar-refractivity contribution is -0.384. The van der Waals surface area contributed by atoms with E-state index in [0.717, 1.165) is 11.0 Å². The van der Waals surface area contributed by atoms with Gasteiger partial charge in [0.15, 0.2) is 16.9 Å². The van der Waals surface area contributed by atoms with Gasteiger partial charge in [-0.3, -0.25) is 19.8 Å². The zero-order valence-corrected chi connectivity index (χ0v) is 22.4. The van der Waals surface area contributed by atoms with Gasteiger partial charge < -0.3 is 18.9 Å². The average molecular weight is 555 g/mol. The average Bonchev–Trinajstić information content (AvgIpc) is 3.13. The first-order chi connectivity index (χ1) is 18.7. The van der Waals surface area contributed by atoms with Crippen LogP contribution in [-0.4, -0.2) is 47.2 Å². The molecule has 0 aliphatic carbocycles. The standard InChI is InChI=1S/C27H26N2O9S/c1-5-38-21-11-9-19(10-12-21)28-26(30)24(15-17-13-22(35-2)25(37-4)23(14-17)36-3)39(33,34)27(28)18-7-6-8-20(16-18)29(31)32/h6-16,27H,5H2,1-4H3/b24-15+. The van der Waals surface area contributed by atoms with Crippen molar-refractivity contribution in [2.24, 2.45) is 0 Å². The highest BCUT2D eigenvalue weighted by molar-refractivity contribution is 7.97. The van der Waals surface area contributed by atoms with Gasteiger partial charge in [-0.15, -0.1) is 0 Å². The summed E-state index contributed by atoms with van der Waals surface area (Å²) in [5.41, 5.74) is 0.350. The molecule has 11 nitrogen and oxygen atoms in total. The van der Waals surface area contributed by atoms with E-state index in [1.165, 1.54) is 57.7 Å². The molecule has 1 aliphatic heterocycles. The van der Waals surface area contributed by atoms with Crippen molar-refractivity contribution in [1.29, 1.82) is 0 Å². The summed E-state index contributed by atoms with van der Waals surface area (Å²) in [5, 5.41) is 9.89. The van der Waals surface area contributed by atoms with Gasteiger partial charge in [-0.2, -0.15) is 0 Å². The van der Waals surface area contributed by atoms with E-state index in [-0.39, 0.29) is 28.4 Å².